The van der Waals surface area contributed by atoms with Gasteiger partial charge in [-0.1, -0.05) is 38.1 Å². The van der Waals surface area contributed by atoms with Crippen molar-refractivity contribution in [2.75, 3.05) is 19.6 Å². The normalized spacial score (nSPS) is 19.3. The van der Waals surface area contributed by atoms with E-state index >= 15 is 0 Å². The van der Waals surface area contributed by atoms with E-state index < -0.39 is 0 Å². The maximum atomic E-state index is 12.8. The summed E-state index contributed by atoms with van der Waals surface area (Å²) in [6.45, 7) is 7.04. The summed E-state index contributed by atoms with van der Waals surface area (Å²) >= 11 is 0. The first-order valence-electron chi connectivity index (χ1n) is 8.57. The minimum Gasteiger partial charge on any atom is -0.342 e. The topological polar surface area (TPSA) is 46.3 Å². The molecule has 0 radical (unpaired) electrons. The molecule has 0 spiro atoms. The van der Waals surface area contributed by atoms with Crippen molar-refractivity contribution < 1.29 is 4.79 Å². The van der Waals surface area contributed by atoms with Crippen LogP contribution in [0, 0.1) is 17.3 Å². The molecule has 4 heteroatoms. The summed E-state index contributed by atoms with van der Waals surface area (Å²) in [5, 5.41) is 0. The lowest BCUT2D eigenvalue weighted by Crippen LogP contribution is -2.46. The van der Waals surface area contributed by atoms with Crippen molar-refractivity contribution in [2.24, 2.45) is 23.0 Å². The molecule has 3 nitrogen and oxygen atoms in total. The first-order chi connectivity index (χ1) is 10.5. The Bertz CT molecular complexity index is 525. The summed E-state index contributed by atoms with van der Waals surface area (Å²) < 4.78 is 0. The SMILES string of the molecule is CC(C)(CN)C1CCN(C(=O)C2Cc3ccccc3C2)CC1.Cl. The minimum atomic E-state index is 0. The lowest BCUT2D eigenvalue weighted by molar-refractivity contribution is -0.137. The number of carbonyl (C=O) groups excluding carboxylic acids is 1. The third-order valence-electron chi connectivity index (χ3n) is 5.84. The Kier molecular flexibility index (Phi) is 5.74. The second-order valence-corrected chi connectivity index (χ2v) is 7.67. The molecule has 1 amide bonds. The molecule has 1 heterocycles. The van der Waals surface area contributed by atoms with Gasteiger partial charge in [0.15, 0.2) is 0 Å². The number of piperidine rings is 1. The number of benzene rings is 1. The first kappa shape index (κ1) is 18.3. The number of nitrogens with two attached hydrogens (primary N) is 1. The van der Waals surface area contributed by atoms with E-state index in [1.165, 1.54) is 11.1 Å². The van der Waals surface area contributed by atoms with Gasteiger partial charge >= 0.3 is 0 Å². The second-order valence-electron chi connectivity index (χ2n) is 7.67. The Balaban J connectivity index is 0.00000192. The van der Waals surface area contributed by atoms with E-state index in [9.17, 15) is 4.79 Å². The number of halogens is 1. The molecule has 0 bridgehead atoms. The summed E-state index contributed by atoms with van der Waals surface area (Å²) in [6.07, 6.45) is 4.03. The van der Waals surface area contributed by atoms with Crippen molar-refractivity contribution in [1.29, 1.82) is 0 Å². The first-order valence-corrected chi connectivity index (χ1v) is 8.57. The summed E-state index contributed by atoms with van der Waals surface area (Å²) in [5.41, 5.74) is 8.81. The highest BCUT2D eigenvalue weighted by molar-refractivity contribution is 5.85. The summed E-state index contributed by atoms with van der Waals surface area (Å²) in [6, 6.07) is 8.48. The summed E-state index contributed by atoms with van der Waals surface area (Å²) in [5.74, 6) is 1.17. The molecule has 1 aromatic carbocycles. The molecule has 23 heavy (non-hydrogen) atoms. The van der Waals surface area contributed by atoms with Gasteiger partial charge in [0.1, 0.15) is 0 Å². The monoisotopic (exact) mass is 336 g/mol. The molecule has 2 N–H and O–H groups in total. The lowest BCUT2D eigenvalue weighted by atomic mass is 9.73. The number of hydrogen-bond acceptors (Lipinski definition) is 2. The van der Waals surface area contributed by atoms with Crippen molar-refractivity contribution in [3.05, 3.63) is 35.4 Å². The van der Waals surface area contributed by atoms with Gasteiger partial charge in [0, 0.05) is 19.0 Å². The van der Waals surface area contributed by atoms with E-state index in [1.807, 2.05) is 0 Å². The quantitative estimate of drug-likeness (QED) is 0.922. The van der Waals surface area contributed by atoms with Gasteiger partial charge in [-0.25, -0.2) is 0 Å². The molecule has 128 valence electrons. The average Bonchev–Trinajstić information content (AvgIpc) is 2.98. The van der Waals surface area contributed by atoms with Crippen molar-refractivity contribution >= 4 is 18.3 Å². The highest BCUT2D eigenvalue weighted by Crippen LogP contribution is 2.35. The molecule has 3 rings (SSSR count). The molecule has 0 aromatic heterocycles. The zero-order chi connectivity index (χ0) is 15.7. The fourth-order valence-electron chi connectivity index (χ4n) is 4.04. The maximum Gasteiger partial charge on any atom is 0.226 e. The summed E-state index contributed by atoms with van der Waals surface area (Å²) in [4.78, 5) is 14.9. The van der Waals surface area contributed by atoms with E-state index in [0.717, 1.165) is 45.3 Å². The van der Waals surface area contributed by atoms with Crippen LogP contribution >= 0.6 is 12.4 Å². The molecule has 1 aromatic rings. The van der Waals surface area contributed by atoms with Crippen LogP contribution in [-0.2, 0) is 17.6 Å². The van der Waals surface area contributed by atoms with Crippen molar-refractivity contribution in [2.45, 2.75) is 39.5 Å². The number of hydrogen-bond donors (Lipinski definition) is 1. The van der Waals surface area contributed by atoms with Crippen LogP contribution in [0.5, 0.6) is 0 Å². The Morgan fingerprint density at radius 1 is 1.17 bits per heavy atom. The number of likely N-dealkylation sites (tertiary alicyclic amines) is 1. The van der Waals surface area contributed by atoms with Gasteiger partial charge in [-0.05, 0) is 54.7 Å². The van der Waals surface area contributed by atoms with E-state index in [2.05, 4.69) is 43.0 Å². The van der Waals surface area contributed by atoms with Crippen LogP contribution in [0.2, 0.25) is 0 Å². The molecule has 1 fully saturated rings. The van der Waals surface area contributed by atoms with Gasteiger partial charge in [0.2, 0.25) is 5.91 Å². The molecular weight excluding hydrogens is 308 g/mol. The third kappa shape index (κ3) is 3.72. The number of rotatable bonds is 3. The number of nitrogens with zero attached hydrogens (tertiary/aromatic N) is 1. The van der Waals surface area contributed by atoms with E-state index in [4.69, 9.17) is 5.73 Å². The van der Waals surface area contributed by atoms with Crippen LogP contribution in [0.1, 0.15) is 37.8 Å². The Morgan fingerprint density at radius 2 is 1.70 bits per heavy atom. The average molecular weight is 337 g/mol. The minimum absolute atomic E-state index is 0. The van der Waals surface area contributed by atoms with Gasteiger partial charge in [0.25, 0.3) is 0 Å². The van der Waals surface area contributed by atoms with Gasteiger partial charge in [-0.15, -0.1) is 12.4 Å². The third-order valence-corrected chi connectivity index (χ3v) is 5.84. The smallest absolute Gasteiger partial charge is 0.226 e. The Morgan fingerprint density at radius 3 is 2.17 bits per heavy atom. The Hall–Kier alpha value is -1.06. The van der Waals surface area contributed by atoms with Gasteiger partial charge < -0.3 is 10.6 Å². The zero-order valence-electron chi connectivity index (χ0n) is 14.3. The van der Waals surface area contributed by atoms with Crippen molar-refractivity contribution in [3.8, 4) is 0 Å². The zero-order valence-corrected chi connectivity index (χ0v) is 15.1. The lowest BCUT2D eigenvalue weighted by Gasteiger charge is -2.40. The molecule has 1 aliphatic heterocycles. The number of fused-ring (bicyclic) bond motifs is 1. The highest BCUT2D eigenvalue weighted by Gasteiger charge is 2.35. The molecule has 0 atom stereocenters. The standard InChI is InChI=1S/C19H28N2O.ClH/c1-19(2,13-20)17-7-9-21(10-8-17)18(22)16-11-14-5-3-4-6-15(14)12-16;/h3-6,16-17H,7-13,20H2,1-2H3;1H. The van der Waals surface area contributed by atoms with Crippen LogP contribution in [0.25, 0.3) is 0 Å². The van der Waals surface area contributed by atoms with Gasteiger partial charge in [0.05, 0.1) is 0 Å². The predicted molar refractivity (Wildman–Crippen MR) is 96.7 cm³/mol. The Labute approximate surface area is 146 Å². The number of amides is 1. The van der Waals surface area contributed by atoms with Crippen LogP contribution in [0.4, 0.5) is 0 Å². The van der Waals surface area contributed by atoms with Gasteiger partial charge in [-0.3, -0.25) is 4.79 Å². The van der Waals surface area contributed by atoms with Crippen LogP contribution in [-0.4, -0.2) is 30.4 Å². The molecule has 2 aliphatic rings. The van der Waals surface area contributed by atoms with Crippen LogP contribution in [0.3, 0.4) is 0 Å². The van der Waals surface area contributed by atoms with E-state index in [0.29, 0.717) is 11.8 Å². The fourth-order valence-corrected chi connectivity index (χ4v) is 4.04. The predicted octanol–water partition coefficient (Wildman–Crippen LogP) is 3.05. The number of carbonyl (C=O) groups is 1. The largest absolute Gasteiger partial charge is 0.342 e. The van der Waals surface area contributed by atoms with E-state index in [-0.39, 0.29) is 23.7 Å². The van der Waals surface area contributed by atoms with Crippen LogP contribution < -0.4 is 5.73 Å². The molecule has 0 saturated carbocycles. The molecular formula is C19H29ClN2O. The van der Waals surface area contributed by atoms with Crippen molar-refractivity contribution in [1.82, 2.24) is 4.90 Å². The van der Waals surface area contributed by atoms with Gasteiger partial charge in [-0.2, -0.15) is 0 Å². The molecule has 0 unspecified atom stereocenters. The molecule has 1 saturated heterocycles. The molecule has 1 aliphatic carbocycles. The summed E-state index contributed by atoms with van der Waals surface area (Å²) in [7, 11) is 0. The highest BCUT2D eigenvalue weighted by atomic mass is 35.5. The second kappa shape index (κ2) is 7.23. The van der Waals surface area contributed by atoms with Crippen molar-refractivity contribution in [3.63, 3.8) is 0 Å². The van der Waals surface area contributed by atoms with Crippen LogP contribution in [0.15, 0.2) is 24.3 Å². The fraction of sp³-hybridized carbons (Fsp3) is 0.632. The maximum absolute atomic E-state index is 12.8. The van der Waals surface area contributed by atoms with E-state index in [1.54, 1.807) is 0 Å².